The summed E-state index contributed by atoms with van der Waals surface area (Å²) in [4.78, 5) is 4.17. The fourth-order valence-electron chi connectivity index (χ4n) is 0.964. The minimum Gasteiger partial charge on any atom is -0.319 e. The van der Waals surface area contributed by atoms with E-state index >= 15 is 0 Å². The van der Waals surface area contributed by atoms with E-state index in [4.69, 9.17) is 0 Å². The van der Waals surface area contributed by atoms with Crippen molar-refractivity contribution in [3.8, 4) is 0 Å². The lowest BCUT2D eigenvalue weighted by atomic mass is 10.6. The van der Waals surface area contributed by atoms with Gasteiger partial charge in [-0.15, -0.1) is 11.3 Å². The number of hydrogen-bond acceptors (Lipinski definition) is 5. The number of nitrogens with one attached hydrogen (secondary N) is 2. The SMILES string of the molecule is CNCCS(=O)(=O)NCc1nc(C)cs1. The van der Waals surface area contributed by atoms with E-state index in [1.165, 1.54) is 11.3 Å². The highest BCUT2D eigenvalue weighted by Gasteiger charge is 2.09. The monoisotopic (exact) mass is 249 g/mol. The van der Waals surface area contributed by atoms with Gasteiger partial charge in [-0.1, -0.05) is 0 Å². The van der Waals surface area contributed by atoms with Crippen molar-refractivity contribution in [1.82, 2.24) is 15.0 Å². The molecular weight excluding hydrogens is 234 g/mol. The molecule has 0 saturated carbocycles. The third-order valence-corrected chi connectivity index (χ3v) is 4.02. The first kappa shape index (κ1) is 12.6. The molecule has 1 rings (SSSR count). The van der Waals surface area contributed by atoms with Crippen molar-refractivity contribution in [1.29, 1.82) is 0 Å². The van der Waals surface area contributed by atoms with Gasteiger partial charge >= 0.3 is 0 Å². The van der Waals surface area contributed by atoms with Crippen LogP contribution in [0.15, 0.2) is 5.38 Å². The van der Waals surface area contributed by atoms with Crippen LogP contribution in [-0.4, -0.2) is 32.7 Å². The Morgan fingerprint density at radius 3 is 2.80 bits per heavy atom. The van der Waals surface area contributed by atoms with Crippen molar-refractivity contribution in [2.24, 2.45) is 0 Å². The molecule has 0 aromatic carbocycles. The van der Waals surface area contributed by atoms with E-state index in [0.29, 0.717) is 6.54 Å². The molecule has 1 aromatic heterocycles. The minimum absolute atomic E-state index is 0.0911. The van der Waals surface area contributed by atoms with Crippen LogP contribution in [0.1, 0.15) is 10.7 Å². The lowest BCUT2D eigenvalue weighted by Gasteiger charge is -2.03. The van der Waals surface area contributed by atoms with E-state index in [1.807, 2.05) is 12.3 Å². The van der Waals surface area contributed by atoms with Crippen LogP contribution in [0.4, 0.5) is 0 Å². The van der Waals surface area contributed by atoms with E-state index in [9.17, 15) is 8.42 Å². The van der Waals surface area contributed by atoms with Crippen LogP contribution in [-0.2, 0) is 16.6 Å². The quantitative estimate of drug-likeness (QED) is 0.749. The zero-order valence-corrected chi connectivity index (χ0v) is 10.4. The van der Waals surface area contributed by atoms with Gasteiger partial charge in [0, 0.05) is 17.6 Å². The maximum absolute atomic E-state index is 11.4. The molecule has 0 saturated heterocycles. The van der Waals surface area contributed by atoms with Crippen molar-refractivity contribution in [2.45, 2.75) is 13.5 Å². The van der Waals surface area contributed by atoms with Gasteiger partial charge in [0.05, 0.1) is 12.3 Å². The number of hydrogen-bond donors (Lipinski definition) is 2. The number of nitrogens with zero attached hydrogens (tertiary/aromatic N) is 1. The normalized spacial score (nSPS) is 11.9. The molecule has 5 nitrogen and oxygen atoms in total. The van der Waals surface area contributed by atoms with E-state index < -0.39 is 10.0 Å². The molecule has 0 fully saturated rings. The Bertz CT molecular complexity index is 400. The zero-order valence-electron chi connectivity index (χ0n) is 8.78. The van der Waals surface area contributed by atoms with Gasteiger partial charge < -0.3 is 5.32 Å². The Kier molecular flexibility index (Phi) is 4.65. The first-order valence-electron chi connectivity index (χ1n) is 4.56. The van der Waals surface area contributed by atoms with E-state index in [-0.39, 0.29) is 12.3 Å². The highest BCUT2D eigenvalue weighted by atomic mass is 32.2. The Hall–Kier alpha value is -0.500. The molecule has 0 radical (unpaired) electrons. The maximum Gasteiger partial charge on any atom is 0.213 e. The smallest absolute Gasteiger partial charge is 0.213 e. The van der Waals surface area contributed by atoms with Crippen LogP contribution in [0.3, 0.4) is 0 Å². The van der Waals surface area contributed by atoms with Crippen LogP contribution in [0, 0.1) is 6.92 Å². The Labute approximate surface area is 94.0 Å². The van der Waals surface area contributed by atoms with E-state index in [0.717, 1.165) is 10.7 Å². The van der Waals surface area contributed by atoms with Gasteiger partial charge in [-0.3, -0.25) is 0 Å². The summed E-state index contributed by atoms with van der Waals surface area (Å²) in [5, 5.41) is 5.49. The standard InChI is InChI=1S/C8H15N3O2S2/c1-7-6-14-8(11-7)5-10-15(12,13)4-3-9-2/h6,9-10H,3-5H2,1-2H3. The van der Waals surface area contributed by atoms with Gasteiger partial charge in [-0.05, 0) is 14.0 Å². The number of aryl methyl sites for hydroxylation is 1. The number of aromatic nitrogens is 1. The second-order valence-electron chi connectivity index (χ2n) is 3.13. The van der Waals surface area contributed by atoms with E-state index in [2.05, 4.69) is 15.0 Å². The molecule has 7 heteroatoms. The van der Waals surface area contributed by atoms with Crippen molar-refractivity contribution < 1.29 is 8.42 Å². The number of thiazole rings is 1. The summed E-state index contributed by atoms with van der Waals surface area (Å²) in [6.45, 7) is 2.62. The predicted molar refractivity (Wildman–Crippen MR) is 61.4 cm³/mol. The molecule has 0 bridgehead atoms. The molecule has 2 N–H and O–H groups in total. The summed E-state index contributed by atoms with van der Waals surface area (Å²) in [7, 11) is -1.46. The molecule has 0 amide bonds. The van der Waals surface area contributed by atoms with Crippen molar-refractivity contribution >= 4 is 21.4 Å². The Balaban J connectivity index is 2.42. The highest BCUT2D eigenvalue weighted by Crippen LogP contribution is 2.08. The van der Waals surface area contributed by atoms with Crippen LogP contribution in [0.2, 0.25) is 0 Å². The molecule has 1 aromatic rings. The number of rotatable bonds is 6. The van der Waals surface area contributed by atoms with Gasteiger partial charge in [0.15, 0.2) is 0 Å². The molecular formula is C8H15N3O2S2. The summed E-state index contributed by atoms with van der Waals surface area (Å²) in [5.74, 6) is 0.0911. The number of sulfonamides is 1. The molecule has 86 valence electrons. The molecule has 0 atom stereocenters. The maximum atomic E-state index is 11.4. The zero-order chi connectivity index (χ0) is 11.3. The molecule has 0 unspecified atom stereocenters. The second-order valence-corrected chi connectivity index (χ2v) is 6.00. The summed E-state index contributed by atoms with van der Waals surface area (Å²) in [6, 6.07) is 0. The van der Waals surface area contributed by atoms with Gasteiger partial charge in [0.1, 0.15) is 5.01 Å². The summed E-state index contributed by atoms with van der Waals surface area (Å²) >= 11 is 1.46. The molecule has 1 heterocycles. The summed E-state index contributed by atoms with van der Waals surface area (Å²) in [6.07, 6.45) is 0. The van der Waals surface area contributed by atoms with Crippen molar-refractivity contribution in [3.63, 3.8) is 0 Å². The lowest BCUT2D eigenvalue weighted by Crippen LogP contribution is -2.30. The van der Waals surface area contributed by atoms with Crippen molar-refractivity contribution in [3.05, 3.63) is 16.1 Å². The average molecular weight is 249 g/mol. The fraction of sp³-hybridized carbons (Fsp3) is 0.625. The summed E-state index contributed by atoms with van der Waals surface area (Å²) in [5.41, 5.74) is 0.921. The minimum atomic E-state index is -3.18. The largest absolute Gasteiger partial charge is 0.319 e. The Morgan fingerprint density at radius 2 is 2.27 bits per heavy atom. The first-order chi connectivity index (χ1) is 7.03. The summed E-state index contributed by atoms with van der Waals surface area (Å²) < 4.78 is 25.3. The molecule has 0 aliphatic heterocycles. The molecule has 0 spiro atoms. The van der Waals surface area contributed by atoms with Crippen LogP contribution >= 0.6 is 11.3 Å². The second kappa shape index (κ2) is 5.55. The Morgan fingerprint density at radius 1 is 1.53 bits per heavy atom. The molecule has 0 aliphatic carbocycles. The van der Waals surface area contributed by atoms with Crippen LogP contribution in [0.5, 0.6) is 0 Å². The van der Waals surface area contributed by atoms with Gasteiger partial charge in [-0.2, -0.15) is 0 Å². The van der Waals surface area contributed by atoms with Gasteiger partial charge in [-0.25, -0.2) is 18.1 Å². The molecule has 0 aliphatic rings. The predicted octanol–water partition coefficient (Wildman–Crippen LogP) is 0.0903. The van der Waals surface area contributed by atoms with Gasteiger partial charge in [0.25, 0.3) is 0 Å². The van der Waals surface area contributed by atoms with Crippen LogP contribution < -0.4 is 10.0 Å². The average Bonchev–Trinajstić information content (AvgIpc) is 2.59. The topological polar surface area (TPSA) is 71.1 Å². The van der Waals surface area contributed by atoms with Crippen LogP contribution in [0.25, 0.3) is 0 Å². The first-order valence-corrected chi connectivity index (χ1v) is 7.09. The fourth-order valence-corrected chi connectivity index (χ4v) is 2.74. The van der Waals surface area contributed by atoms with Gasteiger partial charge in [0.2, 0.25) is 10.0 Å². The van der Waals surface area contributed by atoms with E-state index in [1.54, 1.807) is 7.05 Å². The lowest BCUT2D eigenvalue weighted by molar-refractivity contribution is 0.578. The molecule has 15 heavy (non-hydrogen) atoms. The van der Waals surface area contributed by atoms with Crippen molar-refractivity contribution in [2.75, 3.05) is 19.3 Å². The third kappa shape index (κ3) is 4.70. The third-order valence-electron chi connectivity index (χ3n) is 1.73. The highest BCUT2D eigenvalue weighted by molar-refractivity contribution is 7.89.